The molecule has 0 aromatic heterocycles. The molecule has 1 fully saturated rings. The van der Waals surface area contributed by atoms with Gasteiger partial charge in [-0.25, -0.2) is 0 Å². The molecule has 6 nitrogen and oxygen atoms in total. The Morgan fingerprint density at radius 3 is 2.39 bits per heavy atom. The van der Waals surface area contributed by atoms with Crippen molar-refractivity contribution in [2.24, 2.45) is 0 Å². The van der Waals surface area contributed by atoms with Gasteiger partial charge in [-0.3, -0.25) is 0 Å². The van der Waals surface area contributed by atoms with Crippen LogP contribution in [0, 0.1) is 0 Å². The highest BCUT2D eigenvalue weighted by molar-refractivity contribution is 7.86. The van der Waals surface area contributed by atoms with E-state index < -0.39 is 10.2 Å². The summed E-state index contributed by atoms with van der Waals surface area (Å²) >= 11 is 0. The molecule has 0 atom stereocenters. The van der Waals surface area contributed by atoms with Crippen LogP contribution in [-0.2, 0) is 10.2 Å². The van der Waals surface area contributed by atoms with Crippen LogP contribution in [0.15, 0.2) is 0 Å². The monoisotopic (exact) mass is 278 g/mol. The number of hydrogen-bond acceptors (Lipinski definition) is 4. The van der Waals surface area contributed by atoms with Gasteiger partial charge in [0, 0.05) is 39.8 Å². The van der Waals surface area contributed by atoms with E-state index in [0.29, 0.717) is 19.6 Å². The zero-order chi connectivity index (χ0) is 13.6. The summed E-state index contributed by atoms with van der Waals surface area (Å²) < 4.78 is 27.6. The van der Waals surface area contributed by atoms with E-state index in [1.165, 1.54) is 4.31 Å². The van der Waals surface area contributed by atoms with Crippen molar-refractivity contribution in [3.05, 3.63) is 0 Å². The number of hydrogen-bond donors (Lipinski definition) is 1. The minimum atomic E-state index is -3.26. The van der Waals surface area contributed by atoms with Gasteiger partial charge in [0.05, 0.1) is 0 Å². The Labute approximate surface area is 111 Å². The highest BCUT2D eigenvalue weighted by Gasteiger charge is 2.28. The Bertz CT molecular complexity index is 326. The Balaban J connectivity index is 2.41. The second-order valence-electron chi connectivity index (χ2n) is 4.74. The lowest BCUT2D eigenvalue weighted by Gasteiger charge is -2.34. The summed E-state index contributed by atoms with van der Waals surface area (Å²) in [6.45, 7) is 7.21. The van der Waals surface area contributed by atoms with Gasteiger partial charge in [0.2, 0.25) is 0 Å². The molecule has 0 saturated carbocycles. The normalized spacial score (nSPS) is 19.6. The maximum atomic E-state index is 12.3. The van der Waals surface area contributed by atoms with Crippen LogP contribution in [0.2, 0.25) is 0 Å². The van der Waals surface area contributed by atoms with Crippen LogP contribution in [-0.4, -0.2) is 81.8 Å². The maximum absolute atomic E-state index is 12.3. The van der Waals surface area contributed by atoms with Crippen molar-refractivity contribution in [3.63, 3.8) is 0 Å². The van der Waals surface area contributed by atoms with Crippen molar-refractivity contribution in [2.45, 2.75) is 13.3 Å². The van der Waals surface area contributed by atoms with E-state index in [1.54, 1.807) is 11.4 Å². The number of nitrogens with one attached hydrogen (secondary N) is 1. The molecule has 0 unspecified atom stereocenters. The Hall–Kier alpha value is -0.210. The van der Waals surface area contributed by atoms with E-state index in [4.69, 9.17) is 0 Å². The predicted molar refractivity (Wildman–Crippen MR) is 73.8 cm³/mol. The molecule has 7 heteroatoms. The van der Waals surface area contributed by atoms with Gasteiger partial charge in [-0.2, -0.15) is 17.0 Å². The zero-order valence-corrected chi connectivity index (χ0v) is 12.5. The quantitative estimate of drug-likeness (QED) is 0.633. The van der Waals surface area contributed by atoms with Crippen molar-refractivity contribution in [1.82, 2.24) is 18.8 Å². The van der Waals surface area contributed by atoms with Gasteiger partial charge in [-0.05, 0) is 26.6 Å². The molecule has 1 saturated heterocycles. The first-order valence-electron chi connectivity index (χ1n) is 6.59. The lowest BCUT2D eigenvalue weighted by atomic mass is 10.4. The molecule has 1 rings (SSSR count). The van der Waals surface area contributed by atoms with E-state index >= 15 is 0 Å². The molecular weight excluding hydrogens is 252 g/mol. The first kappa shape index (κ1) is 15.8. The number of likely N-dealkylation sites (N-methyl/N-ethyl adjacent to an activating group) is 1. The number of rotatable bonds is 7. The fraction of sp³-hybridized carbons (Fsp3) is 1.00. The zero-order valence-electron chi connectivity index (χ0n) is 11.7. The van der Waals surface area contributed by atoms with Crippen LogP contribution >= 0.6 is 0 Å². The summed E-state index contributed by atoms with van der Waals surface area (Å²) in [6.07, 6.45) is 0.845. The van der Waals surface area contributed by atoms with Crippen LogP contribution in [0.3, 0.4) is 0 Å². The molecule has 0 aromatic rings. The smallest absolute Gasteiger partial charge is 0.281 e. The third-order valence-electron chi connectivity index (χ3n) is 3.26. The van der Waals surface area contributed by atoms with Gasteiger partial charge in [0.25, 0.3) is 10.2 Å². The molecule has 0 bridgehead atoms. The Morgan fingerprint density at radius 2 is 1.83 bits per heavy atom. The molecule has 18 heavy (non-hydrogen) atoms. The molecule has 1 aliphatic heterocycles. The molecule has 1 heterocycles. The lowest BCUT2D eigenvalue weighted by molar-refractivity contribution is 0.214. The van der Waals surface area contributed by atoms with Crippen LogP contribution in [0.4, 0.5) is 0 Å². The molecule has 1 N–H and O–H groups in total. The minimum Gasteiger partial charge on any atom is -0.317 e. The van der Waals surface area contributed by atoms with Crippen molar-refractivity contribution in [3.8, 4) is 0 Å². The van der Waals surface area contributed by atoms with Gasteiger partial charge < -0.3 is 10.2 Å². The SMILES string of the molecule is CCNCCCN(C)S(=O)(=O)N1CCN(C)CC1. The molecule has 0 spiro atoms. The van der Waals surface area contributed by atoms with Gasteiger partial charge in [-0.1, -0.05) is 6.92 Å². The summed E-state index contributed by atoms with van der Waals surface area (Å²) in [5.41, 5.74) is 0. The molecule has 0 aliphatic carbocycles. The number of piperazine rings is 1. The summed E-state index contributed by atoms with van der Waals surface area (Å²) in [7, 11) is 0.424. The summed E-state index contributed by atoms with van der Waals surface area (Å²) in [5.74, 6) is 0. The average Bonchev–Trinajstić information content (AvgIpc) is 2.35. The largest absolute Gasteiger partial charge is 0.317 e. The fourth-order valence-corrected chi connectivity index (χ4v) is 3.31. The first-order chi connectivity index (χ1) is 8.48. The average molecular weight is 278 g/mol. The van der Waals surface area contributed by atoms with Crippen molar-refractivity contribution >= 4 is 10.2 Å². The van der Waals surface area contributed by atoms with E-state index in [9.17, 15) is 8.42 Å². The van der Waals surface area contributed by atoms with Crippen LogP contribution < -0.4 is 5.32 Å². The Kier molecular flexibility index (Phi) is 6.51. The predicted octanol–water partition coefficient (Wildman–Crippen LogP) is -0.590. The van der Waals surface area contributed by atoms with Crippen LogP contribution in [0.25, 0.3) is 0 Å². The molecule has 108 valence electrons. The third-order valence-corrected chi connectivity index (χ3v) is 5.25. The first-order valence-corrected chi connectivity index (χ1v) is 7.99. The van der Waals surface area contributed by atoms with Gasteiger partial charge in [0.15, 0.2) is 0 Å². The summed E-state index contributed by atoms with van der Waals surface area (Å²) in [6, 6.07) is 0. The standard InChI is InChI=1S/C11H26N4O2S/c1-4-12-6-5-7-14(3)18(16,17)15-10-8-13(2)9-11-15/h12H,4-11H2,1-3H3. The second kappa shape index (κ2) is 7.40. The van der Waals surface area contributed by atoms with Gasteiger partial charge in [-0.15, -0.1) is 0 Å². The molecular formula is C11H26N4O2S. The second-order valence-corrected chi connectivity index (χ2v) is 6.77. The lowest BCUT2D eigenvalue weighted by Crippen LogP contribution is -2.51. The van der Waals surface area contributed by atoms with Gasteiger partial charge in [0.1, 0.15) is 0 Å². The summed E-state index contributed by atoms with van der Waals surface area (Å²) in [5, 5.41) is 3.20. The van der Waals surface area contributed by atoms with E-state index in [2.05, 4.69) is 10.2 Å². The van der Waals surface area contributed by atoms with Crippen molar-refractivity contribution in [2.75, 3.05) is 59.9 Å². The highest BCUT2D eigenvalue weighted by Crippen LogP contribution is 2.10. The highest BCUT2D eigenvalue weighted by atomic mass is 32.2. The Morgan fingerprint density at radius 1 is 1.22 bits per heavy atom. The number of nitrogens with zero attached hydrogens (tertiary/aromatic N) is 3. The van der Waals surface area contributed by atoms with Crippen molar-refractivity contribution < 1.29 is 8.42 Å². The van der Waals surface area contributed by atoms with Crippen LogP contribution in [0.1, 0.15) is 13.3 Å². The third kappa shape index (κ3) is 4.47. The van der Waals surface area contributed by atoms with E-state index in [-0.39, 0.29) is 0 Å². The minimum absolute atomic E-state index is 0.571. The van der Waals surface area contributed by atoms with Crippen LogP contribution in [0.5, 0.6) is 0 Å². The fourth-order valence-electron chi connectivity index (χ4n) is 1.93. The molecule has 0 radical (unpaired) electrons. The maximum Gasteiger partial charge on any atom is 0.281 e. The van der Waals surface area contributed by atoms with E-state index in [1.807, 2.05) is 14.0 Å². The molecule has 0 aromatic carbocycles. The van der Waals surface area contributed by atoms with E-state index in [0.717, 1.165) is 32.6 Å². The van der Waals surface area contributed by atoms with Gasteiger partial charge >= 0.3 is 0 Å². The molecule has 0 amide bonds. The topological polar surface area (TPSA) is 55.9 Å². The molecule has 1 aliphatic rings. The summed E-state index contributed by atoms with van der Waals surface area (Å²) in [4.78, 5) is 2.15. The van der Waals surface area contributed by atoms with Crippen molar-refractivity contribution in [1.29, 1.82) is 0 Å².